The number of carbonyl (C=O) groups excluding carboxylic acids is 2. The van der Waals surface area contributed by atoms with Crippen molar-refractivity contribution in [3.63, 3.8) is 0 Å². The summed E-state index contributed by atoms with van der Waals surface area (Å²) in [4.78, 5) is 24.4. The topological polar surface area (TPSA) is 58.2 Å². The van der Waals surface area contributed by atoms with Crippen LogP contribution in [0, 0.1) is 0 Å². The number of hydrogen-bond donors (Lipinski definition) is 2. The molecule has 0 aliphatic rings. The van der Waals surface area contributed by atoms with Crippen LogP contribution in [0.2, 0.25) is 0 Å². The second-order valence-corrected chi connectivity index (χ2v) is 5.80. The van der Waals surface area contributed by atoms with Crippen molar-refractivity contribution in [1.82, 2.24) is 5.32 Å². The molecule has 2 N–H and O–H groups in total. The van der Waals surface area contributed by atoms with E-state index in [1.54, 1.807) is 30.3 Å². The summed E-state index contributed by atoms with van der Waals surface area (Å²) in [7, 11) is 0. The molecular weight excluding hydrogens is 324 g/mol. The van der Waals surface area contributed by atoms with Crippen LogP contribution in [-0.2, 0) is 4.79 Å². The van der Waals surface area contributed by atoms with Crippen LogP contribution in [0.5, 0.6) is 0 Å². The first-order valence-corrected chi connectivity index (χ1v) is 8.53. The fourth-order valence-corrected chi connectivity index (χ4v) is 2.78. The Labute approximate surface area is 152 Å². The Bertz CT molecular complexity index is 971. The molecule has 26 heavy (non-hydrogen) atoms. The van der Waals surface area contributed by atoms with E-state index in [9.17, 15) is 9.59 Å². The standard InChI is InChI=1S/C22H20N2O2/c1-2-23-22(26)19-12-5-6-13-20(19)24-21(25)15-14-17-10-7-9-16-8-3-4-11-18(16)17/h3-15H,2H2,1H3,(H,23,26)(H,24,25). The van der Waals surface area contributed by atoms with Crippen LogP contribution >= 0.6 is 0 Å². The summed E-state index contributed by atoms with van der Waals surface area (Å²) < 4.78 is 0. The van der Waals surface area contributed by atoms with Gasteiger partial charge in [0.05, 0.1) is 11.3 Å². The lowest BCUT2D eigenvalue weighted by Crippen LogP contribution is -2.24. The van der Waals surface area contributed by atoms with Crippen LogP contribution in [0.25, 0.3) is 16.8 Å². The summed E-state index contributed by atoms with van der Waals surface area (Å²) in [6.45, 7) is 2.38. The molecule has 0 bridgehead atoms. The lowest BCUT2D eigenvalue weighted by molar-refractivity contribution is -0.111. The minimum atomic E-state index is -0.283. The summed E-state index contributed by atoms with van der Waals surface area (Å²) in [6.07, 6.45) is 3.27. The van der Waals surface area contributed by atoms with E-state index in [1.165, 1.54) is 6.08 Å². The van der Waals surface area contributed by atoms with Gasteiger partial charge in [-0.15, -0.1) is 0 Å². The number of nitrogens with one attached hydrogen (secondary N) is 2. The molecule has 3 rings (SSSR count). The number of fused-ring (bicyclic) bond motifs is 1. The molecule has 0 saturated carbocycles. The third-order valence-corrected chi connectivity index (χ3v) is 4.00. The predicted octanol–water partition coefficient (Wildman–Crippen LogP) is 4.24. The van der Waals surface area contributed by atoms with Gasteiger partial charge in [0.2, 0.25) is 5.91 Å². The van der Waals surface area contributed by atoms with Crippen molar-refractivity contribution in [1.29, 1.82) is 0 Å². The first-order chi connectivity index (χ1) is 12.7. The fraction of sp³-hybridized carbons (Fsp3) is 0.0909. The molecule has 0 saturated heterocycles. The van der Waals surface area contributed by atoms with Gasteiger partial charge in [0, 0.05) is 12.6 Å². The zero-order valence-electron chi connectivity index (χ0n) is 14.5. The molecule has 4 nitrogen and oxygen atoms in total. The summed E-state index contributed by atoms with van der Waals surface area (Å²) in [5, 5.41) is 7.73. The van der Waals surface area contributed by atoms with Gasteiger partial charge in [0.1, 0.15) is 0 Å². The van der Waals surface area contributed by atoms with Crippen molar-refractivity contribution in [3.05, 3.63) is 83.9 Å². The SMILES string of the molecule is CCNC(=O)c1ccccc1NC(=O)C=Cc1cccc2ccccc12. The molecule has 4 heteroatoms. The highest BCUT2D eigenvalue weighted by atomic mass is 16.2. The van der Waals surface area contributed by atoms with Crippen molar-refractivity contribution in [2.75, 3.05) is 11.9 Å². The Hall–Kier alpha value is -3.40. The minimum absolute atomic E-state index is 0.207. The smallest absolute Gasteiger partial charge is 0.253 e. The second kappa shape index (κ2) is 8.12. The number of anilines is 1. The van der Waals surface area contributed by atoms with E-state index < -0.39 is 0 Å². The molecule has 0 atom stereocenters. The molecule has 0 aromatic heterocycles. The molecule has 0 fully saturated rings. The third-order valence-electron chi connectivity index (χ3n) is 4.00. The van der Waals surface area contributed by atoms with Gasteiger partial charge in [-0.3, -0.25) is 9.59 Å². The maximum atomic E-state index is 12.3. The van der Waals surface area contributed by atoms with Gasteiger partial charge in [-0.1, -0.05) is 54.6 Å². The molecular formula is C22H20N2O2. The Morgan fingerprint density at radius 1 is 0.923 bits per heavy atom. The molecule has 0 aliphatic carbocycles. The summed E-state index contributed by atoms with van der Waals surface area (Å²) >= 11 is 0. The van der Waals surface area contributed by atoms with Crippen LogP contribution in [-0.4, -0.2) is 18.4 Å². The lowest BCUT2D eigenvalue weighted by Gasteiger charge is -2.09. The highest BCUT2D eigenvalue weighted by Crippen LogP contribution is 2.20. The predicted molar refractivity (Wildman–Crippen MR) is 106 cm³/mol. The van der Waals surface area contributed by atoms with Gasteiger partial charge in [0.25, 0.3) is 5.91 Å². The lowest BCUT2D eigenvalue weighted by atomic mass is 10.0. The van der Waals surface area contributed by atoms with E-state index in [0.717, 1.165) is 16.3 Å². The van der Waals surface area contributed by atoms with Gasteiger partial charge in [-0.05, 0) is 41.5 Å². The quantitative estimate of drug-likeness (QED) is 0.680. The first-order valence-electron chi connectivity index (χ1n) is 8.53. The van der Waals surface area contributed by atoms with Crippen molar-refractivity contribution < 1.29 is 9.59 Å². The molecule has 0 radical (unpaired) electrons. The van der Waals surface area contributed by atoms with Gasteiger partial charge >= 0.3 is 0 Å². The minimum Gasteiger partial charge on any atom is -0.352 e. The monoisotopic (exact) mass is 344 g/mol. The summed E-state index contributed by atoms with van der Waals surface area (Å²) in [6, 6.07) is 21.0. The Balaban J connectivity index is 1.79. The van der Waals surface area contributed by atoms with Crippen molar-refractivity contribution in [2.24, 2.45) is 0 Å². The molecule has 3 aromatic carbocycles. The first kappa shape index (κ1) is 17.4. The van der Waals surface area contributed by atoms with Crippen LogP contribution in [0.4, 0.5) is 5.69 Å². The number of amides is 2. The molecule has 0 heterocycles. The highest BCUT2D eigenvalue weighted by Gasteiger charge is 2.11. The molecule has 0 spiro atoms. The van der Waals surface area contributed by atoms with E-state index >= 15 is 0 Å². The van der Waals surface area contributed by atoms with E-state index in [-0.39, 0.29) is 11.8 Å². The Morgan fingerprint density at radius 2 is 1.65 bits per heavy atom. The summed E-state index contributed by atoms with van der Waals surface area (Å²) in [5.41, 5.74) is 1.91. The van der Waals surface area contributed by atoms with Crippen molar-refractivity contribution in [2.45, 2.75) is 6.92 Å². The van der Waals surface area contributed by atoms with Crippen LogP contribution in [0.1, 0.15) is 22.8 Å². The van der Waals surface area contributed by atoms with Gasteiger partial charge < -0.3 is 10.6 Å². The van der Waals surface area contributed by atoms with Gasteiger partial charge in [-0.25, -0.2) is 0 Å². The average molecular weight is 344 g/mol. The fourth-order valence-electron chi connectivity index (χ4n) is 2.78. The third kappa shape index (κ3) is 3.98. The molecule has 0 unspecified atom stereocenters. The van der Waals surface area contributed by atoms with Crippen molar-refractivity contribution >= 4 is 34.4 Å². The van der Waals surface area contributed by atoms with Crippen LogP contribution in [0.3, 0.4) is 0 Å². The van der Waals surface area contributed by atoms with Crippen LogP contribution in [0.15, 0.2) is 72.8 Å². The number of carbonyl (C=O) groups is 2. The molecule has 2 amide bonds. The van der Waals surface area contributed by atoms with Crippen molar-refractivity contribution in [3.8, 4) is 0 Å². The van der Waals surface area contributed by atoms with E-state index in [0.29, 0.717) is 17.8 Å². The van der Waals surface area contributed by atoms with Crippen LogP contribution < -0.4 is 10.6 Å². The Kier molecular flexibility index (Phi) is 5.44. The number of para-hydroxylation sites is 1. The van der Waals surface area contributed by atoms with E-state index in [1.807, 2.05) is 49.4 Å². The summed E-state index contributed by atoms with van der Waals surface area (Å²) in [5.74, 6) is -0.490. The zero-order chi connectivity index (χ0) is 18.4. The number of benzene rings is 3. The van der Waals surface area contributed by atoms with Gasteiger partial charge in [-0.2, -0.15) is 0 Å². The maximum absolute atomic E-state index is 12.3. The normalized spacial score (nSPS) is 10.8. The van der Waals surface area contributed by atoms with E-state index in [4.69, 9.17) is 0 Å². The molecule has 0 aliphatic heterocycles. The highest BCUT2D eigenvalue weighted by molar-refractivity contribution is 6.08. The Morgan fingerprint density at radius 3 is 2.50 bits per heavy atom. The zero-order valence-corrected chi connectivity index (χ0v) is 14.5. The average Bonchev–Trinajstić information content (AvgIpc) is 2.67. The van der Waals surface area contributed by atoms with Gasteiger partial charge in [0.15, 0.2) is 0 Å². The molecule has 130 valence electrons. The second-order valence-electron chi connectivity index (χ2n) is 5.80. The largest absolute Gasteiger partial charge is 0.352 e. The van der Waals surface area contributed by atoms with E-state index in [2.05, 4.69) is 10.6 Å². The maximum Gasteiger partial charge on any atom is 0.253 e. The number of hydrogen-bond acceptors (Lipinski definition) is 2. The molecule has 3 aromatic rings. The number of rotatable bonds is 5.